The summed E-state index contributed by atoms with van der Waals surface area (Å²) in [6.07, 6.45) is 2.31. The number of halogens is 1. The van der Waals surface area contributed by atoms with Crippen molar-refractivity contribution in [3.05, 3.63) is 33.8 Å². The number of nitrogens with two attached hydrogens (primary N) is 1. The maximum atomic E-state index is 13.2. The van der Waals surface area contributed by atoms with Crippen molar-refractivity contribution < 1.29 is 52.3 Å². The average molecular weight is 515 g/mol. The highest BCUT2D eigenvalue weighted by atomic mass is 127. The fourth-order valence-corrected chi connectivity index (χ4v) is 5.25. The van der Waals surface area contributed by atoms with Gasteiger partial charge in [0.15, 0.2) is 5.76 Å². The Labute approximate surface area is 186 Å². The highest BCUT2D eigenvalue weighted by Gasteiger charge is 2.48. The van der Waals surface area contributed by atoms with E-state index in [2.05, 4.69) is 7.05 Å². The Morgan fingerprint density at radius 3 is 2.48 bits per heavy atom. The first-order chi connectivity index (χ1) is 13.3. The van der Waals surface area contributed by atoms with E-state index in [0.717, 1.165) is 42.5 Å². The largest absolute Gasteiger partial charge is 1.00 e. The maximum absolute atomic E-state index is 13.2. The van der Waals surface area contributed by atoms with Crippen molar-refractivity contribution in [2.75, 3.05) is 27.2 Å². The van der Waals surface area contributed by atoms with Crippen LogP contribution in [0.1, 0.15) is 64.3 Å². The molecule has 0 radical (unpaired) electrons. The number of amides is 1. The zero-order valence-electron chi connectivity index (χ0n) is 16.9. The molecule has 1 aromatic rings. The standard InChI is InChI=1S/C20H25N3O5.HI/c1-11-17(24)16-14(18(25)19(11)27-3)12(10-28-20(21)26)15-13(6-7-22(15)16)23(2)8-4-5-9-23;/h13H,4-10H2,1-3H3,(H-,21,26);1H. The van der Waals surface area contributed by atoms with E-state index in [0.29, 0.717) is 28.9 Å². The van der Waals surface area contributed by atoms with Gasteiger partial charge in [0.05, 0.1) is 38.5 Å². The number of methoxy groups -OCH3 is 1. The fourth-order valence-electron chi connectivity index (χ4n) is 5.25. The van der Waals surface area contributed by atoms with Gasteiger partial charge in [-0.2, -0.15) is 0 Å². The van der Waals surface area contributed by atoms with Crippen molar-refractivity contribution >= 4 is 17.7 Å². The van der Waals surface area contributed by atoms with Gasteiger partial charge in [-0.1, -0.05) is 0 Å². The van der Waals surface area contributed by atoms with E-state index >= 15 is 0 Å². The van der Waals surface area contributed by atoms with Crippen molar-refractivity contribution in [1.82, 2.24) is 4.57 Å². The van der Waals surface area contributed by atoms with Crippen LogP contribution in [0.4, 0.5) is 4.79 Å². The predicted molar refractivity (Wildman–Crippen MR) is 99.7 cm³/mol. The maximum Gasteiger partial charge on any atom is 0.404 e. The van der Waals surface area contributed by atoms with Gasteiger partial charge in [-0.05, 0) is 6.92 Å². The summed E-state index contributed by atoms with van der Waals surface area (Å²) < 4.78 is 13.2. The number of aromatic nitrogens is 1. The van der Waals surface area contributed by atoms with Gasteiger partial charge in [0, 0.05) is 36.9 Å². The minimum Gasteiger partial charge on any atom is -1.00 e. The summed E-state index contributed by atoms with van der Waals surface area (Å²) in [6.45, 7) is 4.27. The quantitative estimate of drug-likeness (QED) is 0.413. The van der Waals surface area contributed by atoms with Crippen molar-refractivity contribution in [2.45, 2.75) is 45.4 Å². The van der Waals surface area contributed by atoms with Crippen LogP contribution in [-0.4, -0.2) is 54.0 Å². The number of carbonyl (C=O) groups is 3. The number of Topliss-reactive ketones (excluding diaryl/α,β-unsaturated/α-hetero) is 2. The zero-order chi connectivity index (χ0) is 20.2. The first-order valence-electron chi connectivity index (χ1n) is 9.66. The van der Waals surface area contributed by atoms with Crippen LogP contribution in [0.25, 0.3) is 0 Å². The molecule has 3 heterocycles. The topological polar surface area (TPSA) is 101 Å². The molecule has 2 aliphatic heterocycles. The monoisotopic (exact) mass is 515 g/mol. The van der Waals surface area contributed by atoms with Crippen LogP contribution in [0.3, 0.4) is 0 Å². The number of primary amides is 1. The molecule has 0 aromatic carbocycles. The summed E-state index contributed by atoms with van der Waals surface area (Å²) in [5, 5.41) is 0. The number of hydrogen-bond donors (Lipinski definition) is 1. The van der Waals surface area contributed by atoms with E-state index in [4.69, 9.17) is 15.2 Å². The van der Waals surface area contributed by atoms with Gasteiger partial charge in [-0.25, -0.2) is 4.79 Å². The third-order valence-corrected chi connectivity index (χ3v) is 6.58. The van der Waals surface area contributed by atoms with E-state index in [1.54, 1.807) is 6.92 Å². The molecule has 4 rings (SSSR count). The normalized spacial score (nSPS) is 22.2. The summed E-state index contributed by atoms with van der Waals surface area (Å²) in [6, 6.07) is 0.159. The van der Waals surface area contributed by atoms with Gasteiger partial charge in [0.1, 0.15) is 18.3 Å². The predicted octanol–water partition coefficient (Wildman–Crippen LogP) is -0.928. The average Bonchev–Trinajstić information content (AvgIpc) is 3.33. The molecule has 8 nitrogen and oxygen atoms in total. The first-order valence-corrected chi connectivity index (χ1v) is 9.66. The Morgan fingerprint density at radius 2 is 1.90 bits per heavy atom. The smallest absolute Gasteiger partial charge is 0.404 e. The van der Waals surface area contributed by atoms with Crippen LogP contribution in [-0.2, 0) is 22.6 Å². The van der Waals surface area contributed by atoms with Crippen LogP contribution >= 0.6 is 0 Å². The molecule has 0 bridgehead atoms. The zero-order valence-corrected chi connectivity index (χ0v) is 19.1. The Bertz CT molecular complexity index is 927. The molecular weight excluding hydrogens is 489 g/mol. The van der Waals surface area contributed by atoms with E-state index < -0.39 is 6.09 Å². The lowest BCUT2D eigenvalue weighted by molar-refractivity contribution is -0.928. The second-order valence-corrected chi connectivity index (χ2v) is 8.10. The summed E-state index contributed by atoms with van der Waals surface area (Å²) >= 11 is 0. The molecule has 29 heavy (non-hydrogen) atoms. The molecule has 3 aliphatic rings. The Hall–Kier alpha value is -1.88. The minimum absolute atomic E-state index is 0. The minimum atomic E-state index is -0.905. The summed E-state index contributed by atoms with van der Waals surface area (Å²) in [7, 11) is 3.61. The van der Waals surface area contributed by atoms with Gasteiger partial charge >= 0.3 is 6.09 Å². The molecule has 1 atom stereocenters. The third kappa shape index (κ3) is 3.18. The van der Waals surface area contributed by atoms with Crippen LogP contribution in [0.2, 0.25) is 0 Å². The van der Waals surface area contributed by atoms with Crippen LogP contribution in [0, 0.1) is 0 Å². The van der Waals surface area contributed by atoms with E-state index in [-0.39, 0.29) is 54.0 Å². The van der Waals surface area contributed by atoms with Gasteiger partial charge < -0.3 is 48.2 Å². The van der Waals surface area contributed by atoms with E-state index in [9.17, 15) is 14.4 Å². The lowest BCUT2D eigenvalue weighted by Crippen LogP contribution is -3.00. The van der Waals surface area contributed by atoms with Crippen LogP contribution in [0.15, 0.2) is 11.3 Å². The summed E-state index contributed by atoms with van der Waals surface area (Å²) in [4.78, 5) is 37.5. The van der Waals surface area contributed by atoms with Gasteiger partial charge in [-0.3, -0.25) is 9.59 Å². The van der Waals surface area contributed by atoms with E-state index in [1.165, 1.54) is 7.11 Å². The molecule has 1 fully saturated rings. The number of nitrogens with zero attached hydrogens (tertiary/aromatic N) is 2. The molecular formula is C20H26IN3O5. The SMILES string of the molecule is COC1=C(C)C(=O)c2c(c(COC(N)=O)c3n2CCC3[N+]2(C)CCCC2)C1=O.[I-]. The fraction of sp³-hybridized carbons (Fsp3) is 0.550. The molecule has 1 aromatic heterocycles. The molecule has 1 unspecified atom stereocenters. The second kappa shape index (κ2) is 7.75. The Morgan fingerprint density at radius 1 is 1.24 bits per heavy atom. The number of rotatable bonds is 4. The molecule has 158 valence electrons. The molecule has 9 heteroatoms. The molecule has 2 N–H and O–H groups in total. The third-order valence-electron chi connectivity index (χ3n) is 6.58. The van der Waals surface area contributed by atoms with Crippen molar-refractivity contribution in [3.8, 4) is 0 Å². The summed E-state index contributed by atoms with van der Waals surface area (Å²) in [5.41, 5.74) is 7.74. The van der Waals surface area contributed by atoms with Crippen LogP contribution < -0.4 is 29.7 Å². The van der Waals surface area contributed by atoms with E-state index in [1.807, 2.05) is 4.57 Å². The molecule has 1 amide bonds. The van der Waals surface area contributed by atoms with Crippen molar-refractivity contribution in [2.24, 2.45) is 5.73 Å². The number of hydrogen-bond acceptors (Lipinski definition) is 5. The highest BCUT2D eigenvalue weighted by molar-refractivity contribution is 6.26. The molecule has 1 aliphatic carbocycles. The summed E-state index contributed by atoms with van der Waals surface area (Å²) in [5.74, 6) is -0.481. The number of ketones is 2. The number of ether oxygens (including phenoxy) is 2. The van der Waals surface area contributed by atoms with Gasteiger partial charge in [0.2, 0.25) is 11.6 Å². The van der Waals surface area contributed by atoms with Crippen LogP contribution in [0.5, 0.6) is 0 Å². The Balaban J connectivity index is 0.00000240. The molecule has 0 saturated carbocycles. The van der Waals surface area contributed by atoms with Gasteiger partial charge in [-0.15, -0.1) is 0 Å². The number of likely N-dealkylation sites (tertiary alicyclic amines) is 1. The Kier molecular flexibility index (Phi) is 5.83. The van der Waals surface area contributed by atoms with Gasteiger partial charge in [0.25, 0.3) is 0 Å². The number of quaternary nitrogens is 1. The molecule has 0 spiro atoms. The number of carbonyl (C=O) groups excluding carboxylic acids is 3. The second-order valence-electron chi connectivity index (χ2n) is 8.10. The highest BCUT2D eigenvalue weighted by Crippen LogP contribution is 2.46. The lowest BCUT2D eigenvalue weighted by atomic mass is 9.90. The lowest BCUT2D eigenvalue weighted by Gasteiger charge is -2.36. The molecule has 1 saturated heterocycles. The van der Waals surface area contributed by atoms with Crippen molar-refractivity contribution in [3.63, 3.8) is 0 Å². The van der Waals surface area contributed by atoms with Crippen molar-refractivity contribution in [1.29, 1.82) is 0 Å². The first kappa shape index (κ1) is 21.8. The number of allylic oxidation sites excluding steroid dienone is 2. The number of fused-ring (bicyclic) bond motifs is 3.